The molecule has 0 saturated carbocycles. The molecule has 2 aromatic heterocycles. The summed E-state index contributed by atoms with van der Waals surface area (Å²) in [6, 6.07) is 15.9. The minimum Gasteiger partial charge on any atom is -0.496 e. The van der Waals surface area contributed by atoms with Crippen LogP contribution in [0.25, 0.3) is 22.2 Å². The molecule has 0 atom stereocenters. The third kappa shape index (κ3) is 3.77. The molecule has 0 spiro atoms. The van der Waals surface area contributed by atoms with E-state index in [1.807, 2.05) is 55.6 Å². The number of benzene rings is 2. The van der Waals surface area contributed by atoms with Gasteiger partial charge in [-0.25, -0.2) is 0 Å². The van der Waals surface area contributed by atoms with Crippen LogP contribution >= 0.6 is 11.3 Å². The van der Waals surface area contributed by atoms with Crippen molar-refractivity contribution in [1.82, 2.24) is 10.1 Å². The summed E-state index contributed by atoms with van der Waals surface area (Å²) in [7, 11) is 1.65. The van der Waals surface area contributed by atoms with E-state index in [0.717, 1.165) is 38.6 Å². The summed E-state index contributed by atoms with van der Waals surface area (Å²) in [5.41, 5.74) is 4.00. The van der Waals surface area contributed by atoms with Gasteiger partial charge in [0.1, 0.15) is 18.1 Å². The van der Waals surface area contributed by atoms with Crippen LogP contribution in [0.4, 0.5) is 0 Å². The molecular weight excluding hydrogens is 372 g/mol. The second-order valence-corrected chi connectivity index (χ2v) is 7.43. The van der Waals surface area contributed by atoms with Gasteiger partial charge in [0.05, 0.1) is 12.0 Å². The minimum atomic E-state index is 0.382. The zero-order valence-electron chi connectivity index (χ0n) is 15.9. The number of rotatable bonds is 6. The Kier molecular flexibility index (Phi) is 5.12. The molecule has 4 rings (SSSR count). The van der Waals surface area contributed by atoms with E-state index in [1.165, 1.54) is 0 Å². The number of aryl methyl sites for hydroxylation is 2. The van der Waals surface area contributed by atoms with E-state index >= 15 is 0 Å². The third-order valence-electron chi connectivity index (χ3n) is 4.42. The van der Waals surface area contributed by atoms with Crippen molar-refractivity contribution in [2.45, 2.75) is 20.5 Å². The van der Waals surface area contributed by atoms with Crippen LogP contribution in [-0.2, 0) is 6.61 Å². The molecule has 0 bridgehead atoms. The molecular formula is C22H20N2O3S. The van der Waals surface area contributed by atoms with E-state index in [4.69, 9.17) is 14.0 Å². The summed E-state index contributed by atoms with van der Waals surface area (Å²) in [4.78, 5) is 5.49. The average molecular weight is 392 g/mol. The van der Waals surface area contributed by atoms with Crippen LogP contribution in [0.3, 0.4) is 0 Å². The van der Waals surface area contributed by atoms with Gasteiger partial charge in [-0.3, -0.25) is 0 Å². The van der Waals surface area contributed by atoms with Gasteiger partial charge in [0.25, 0.3) is 5.89 Å². The standard InChI is InChI=1S/C22H20N2O3S/c1-14-6-7-15(2)19(11-14)26-13-17-12-16(8-9-18(17)25-3)22-23-21(24-27-22)20-5-4-10-28-20/h4-12H,13H2,1-3H3. The maximum absolute atomic E-state index is 6.06. The highest BCUT2D eigenvalue weighted by Crippen LogP contribution is 2.30. The molecule has 0 unspecified atom stereocenters. The van der Waals surface area contributed by atoms with E-state index in [9.17, 15) is 0 Å². The first kappa shape index (κ1) is 18.3. The summed E-state index contributed by atoms with van der Waals surface area (Å²) < 4.78 is 17.0. The van der Waals surface area contributed by atoms with Crippen LogP contribution in [0.5, 0.6) is 11.5 Å². The van der Waals surface area contributed by atoms with Crippen molar-refractivity contribution in [1.29, 1.82) is 0 Å². The van der Waals surface area contributed by atoms with Crippen LogP contribution in [0.15, 0.2) is 58.4 Å². The van der Waals surface area contributed by atoms with E-state index in [2.05, 4.69) is 22.3 Å². The third-order valence-corrected chi connectivity index (χ3v) is 5.29. The molecule has 142 valence electrons. The normalized spacial score (nSPS) is 10.8. The van der Waals surface area contributed by atoms with E-state index in [0.29, 0.717) is 18.3 Å². The summed E-state index contributed by atoms with van der Waals surface area (Å²) in [5.74, 6) is 2.69. The lowest BCUT2D eigenvalue weighted by atomic mass is 10.1. The smallest absolute Gasteiger partial charge is 0.258 e. The zero-order valence-corrected chi connectivity index (χ0v) is 16.7. The van der Waals surface area contributed by atoms with Gasteiger partial charge >= 0.3 is 0 Å². The minimum absolute atomic E-state index is 0.382. The molecule has 5 nitrogen and oxygen atoms in total. The first-order valence-electron chi connectivity index (χ1n) is 8.89. The van der Waals surface area contributed by atoms with Gasteiger partial charge in [0.15, 0.2) is 0 Å². The van der Waals surface area contributed by atoms with Gasteiger partial charge in [0.2, 0.25) is 5.82 Å². The van der Waals surface area contributed by atoms with Crippen molar-refractivity contribution in [2.75, 3.05) is 7.11 Å². The van der Waals surface area contributed by atoms with Gasteiger partial charge in [0, 0.05) is 11.1 Å². The molecule has 0 fully saturated rings. The van der Waals surface area contributed by atoms with Crippen LogP contribution in [0.1, 0.15) is 16.7 Å². The summed E-state index contributed by atoms with van der Waals surface area (Å²) in [6.07, 6.45) is 0. The molecule has 4 aromatic rings. The van der Waals surface area contributed by atoms with Crippen LogP contribution in [0, 0.1) is 13.8 Å². The Morgan fingerprint density at radius 2 is 1.93 bits per heavy atom. The summed E-state index contributed by atoms with van der Waals surface area (Å²) in [5, 5.41) is 6.07. The second kappa shape index (κ2) is 7.86. The Bertz CT molecular complexity index is 1090. The monoisotopic (exact) mass is 392 g/mol. The topological polar surface area (TPSA) is 57.4 Å². The highest BCUT2D eigenvalue weighted by molar-refractivity contribution is 7.13. The average Bonchev–Trinajstić information content (AvgIpc) is 3.40. The van der Waals surface area contributed by atoms with Gasteiger partial charge in [-0.05, 0) is 60.7 Å². The largest absolute Gasteiger partial charge is 0.496 e. The molecule has 0 saturated heterocycles. The highest BCUT2D eigenvalue weighted by Gasteiger charge is 2.14. The lowest BCUT2D eigenvalue weighted by Gasteiger charge is -2.13. The molecule has 6 heteroatoms. The van der Waals surface area contributed by atoms with E-state index in [-0.39, 0.29) is 0 Å². The molecule has 28 heavy (non-hydrogen) atoms. The SMILES string of the molecule is COc1ccc(-c2nc(-c3cccs3)no2)cc1COc1cc(C)ccc1C. The zero-order chi connectivity index (χ0) is 19.5. The Balaban J connectivity index is 1.60. The molecule has 0 aliphatic heterocycles. The molecule has 0 amide bonds. The number of nitrogens with zero attached hydrogens (tertiary/aromatic N) is 2. The number of methoxy groups -OCH3 is 1. The second-order valence-electron chi connectivity index (χ2n) is 6.48. The Morgan fingerprint density at radius 3 is 2.71 bits per heavy atom. The number of thiophene rings is 1. The highest BCUT2D eigenvalue weighted by atomic mass is 32.1. The van der Waals surface area contributed by atoms with Crippen molar-refractivity contribution in [3.05, 3.63) is 70.6 Å². The molecule has 2 heterocycles. The Hall–Kier alpha value is -3.12. The molecule has 0 radical (unpaired) electrons. The summed E-state index contributed by atoms with van der Waals surface area (Å²) in [6.45, 7) is 4.47. The van der Waals surface area contributed by atoms with Gasteiger partial charge in [-0.1, -0.05) is 23.4 Å². The quantitative estimate of drug-likeness (QED) is 0.423. The van der Waals surface area contributed by atoms with Crippen LogP contribution in [0.2, 0.25) is 0 Å². The van der Waals surface area contributed by atoms with Crippen molar-refractivity contribution >= 4 is 11.3 Å². The van der Waals surface area contributed by atoms with Gasteiger partial charge in [-0.15, -0.1) is 11.3 Å². The number of ether oxygens (including phenoxy) is 2. The number of aromatic nitrogens is 2. The molecule has 0 aliphatic rings. The molecule has 0 aliphatic carbocycles. The Morgan fingerprint density at radius 1 is 1.04 bits per heavy atom. The predicted octanol–water partition coefficient (Wildman–Crippen LogP) is 5.67. The fourth-order valence-electron chi connectivity index (χ4n) is 2.89. The van der Waals surface area contributed by atoms with Gasteiger partial charge in [-0.2, -0.15) is 4.98 Å². The summed E-state index contributed by atoms with van der Waals surface area (Å²) >= 11 is 1.58. The van der Waals surface area contributed by atoms with Gasteiger partial charge < -0.3 is 14.0 Å². The lowest BCUT2D eigenvalue weighted by molar-refractivity contribution is 0.294. The first-order chi connectivity index (χ1) is 13.6. The van der Waals surface area contributed by atoms with Crippen LogP contribution < -0.4 is 9.47 Å². The van der Waals surface area contributed by atoms with Crippen LogP contribution in [-0.4, -0.2) is 17.3 Å². The Labute approximate surface area is 167 Å². The van der Waals surface area contributed by atoms with E-state index in [1.54, 1.807) is 18.4 Å². The lowest BCUT2D eigenvalue weighted by Crippen LogP contribution is -2.00. The maximum atomic E-state index is 6.06. The maximum Gasteiger partial charge on any atom is 0.258 e. The number of hydrogen-bond donors (Lipinski definition) is 0. The van der Waals surface area contributed by atoms with Crippen molar-refractivity contribution in [2.24, 2.45) is 0 Å². The molecule has 0 N–H and O–H groups in total. The number of hydrogen-bond acceptors (Lipinski definition) is 6. The first-order valence-corrected chi connectivity index (χ1v) is 9.77. The predicted molar refractivity (Wildman–Crippen MR) is 110 cm³/mol. The molecule has 2 aromatic carbocycles. The van der Waals surface area contributed by atoms with E-state index < -0.39 is 0 Å². The van der Waals surface area contributed by atoms with Crippen molar-refractivity contribution in [3.8, 4) is 33.7 Å². The fraction of sp³-hybridized carbons (Fsp3) is 0.182. The van der Waals surface area contributed by atoms with Crippen molar-refractivity contribution < 1.29 is 14.0 Å². The van der Waals surface area contributed by atoms with Crippen molar-refractivity contribution in [3.63, 3.8) is 0 Å². The fourth-order valence-corrected chi connectivity index (χ4v) is 3.54.